The molecule has 6 heteroatoms. The Morgan fingerprint density at radius 2 is 1.35 bits per heavy atom. The van der Waals surface area contributed by atoms with E-state index in [9.17, 15) is 5.26 Å². The van der Waals surface area contributed by atoms with Crippen LogP contribution in [0.1, 0.15) is 28.4 Å². The zero-order chi connectivity index (χ0) is 26.6. The Morgan fingerprint density at radius 3 is 2.17 bits per heavy atom. The molecule has 8 rings (SSSR count). The molecule has 5 aromatic carbocycles. The van der Waals surface area contributed by atoms with E-state index >= 15 is 0 Å². The molecule has 0 N–H and O–H groups in total. The number of para-hydroxylation sites is 2. The largest absolute Gasteiger partial charge is 0.456 e. The average molecular weight is 516 g/mol. The molecule has 2 aromatic heterocycles. The van der Waals surface area contributed by atoms with Gasteiger partial charge < -0.3 is 19.1 Å². The molecule has 0 saturated carbocycles. The van der Waals surface area contributed by atoms with Crippen molar-refractivity contribution in [2.75, 3.05) is 0 Å². The Labute approximate surface area is 228 Å². The predicted molar refractivity (Wildman–Crippen MR) is 158 cm³/mol. The monoisotopic (exact) mass is 515 g/mol. The van der Waals surface area contributed by atoms with Crippen LogP contribution in [0.4, 0.5) is 0 Å². The molecular weight excluding hydrogens is 496 g/mol. The van der Waals surface area contributed by atoms with Crippen LogP contribution in [0.25, 0.3) is 49.2 Å². The zero-order valence-electron chi connectivity index (χ0n) is 21.1. The number of hydrogen-bond acceptors (Lipinski definition) is 5. The third-order valence-electron chi connectivity index (χ3n) is 7.29. The number of hydrogen-bond donors (Lipinski definition) is 0. The lowest BCUT2D eigenvalue weighted by Gasteiger charge is -2.32. The second-order valence-electron chi connectivity index (χ2n) is 9.71. The summed E-state index contributed by atoms with van der Waals surface area (Å²) < 4.78 is 12.3. The predicted octanol–water partition coefficient (Wildman–Crippen LogP) is 8.64. The van der Waals surface area contributed by atoms with Gasteiger partial charge in [0.25, 0.3) is 0 Å². The first-order valence-corrected chi connectivity index (χ1v) is 12.9. The molecular formula is C34H19N4O2-. The molecule has 6 nitrogen and oxygen atoms in total. The number of furan rings is 2. The van der Waals surface area contributed by atoms with E-state index in [1.54, 1.807) is 6.07 Å². The summed E-state index contributed by atoms with van der Waals surface area (Å²) >= 11 is 0. The molecule has 0 amide bonds. The molecule has 0 aliphatic carbocycles. The maximum Gasteiger partial charge on any atom is 0.137 e. The molecule has 7 aromatic rings. The Bertz CT molecular complexity index is 2210. The number of amidine groups is 2. The van der Waals surface area contributed by atoms with Gasteiger partial charge in [0.1, 0.15) is 22.3 Å². The first-order valence-electron chi connectivity index (χ1n) is 12.9. The van der Waals surface area contributed by atoms with Crippen LogP contribution in [-0.2, 0) is 0 Å². The van der Waals surface area contributed by atoms with Crippen molar-refractivity contribution in [3.8, 4) is 6.07 Å². The van der Waals surface area contributed by atoms with Gasteiger partial charge in [-0.2, -0.15) is 5.26 Å². The van der Waals surface area contributed by atoms with Crippen molar-refractivity contribution in [3.05, 3.63) is 137 Å². The van der Waals surface area contributed by atoms with E-state index < -0.39 is 6.17 Å². The van der Waals surface area contributed by atoms with Gasteiger partial charge in [0.05, 0.1) is 23.6 Å². The minimum atomic E-state index is -0.633. The highest BCUT2D eigenvalue weighted by molar-refractivity contribution is 6.20. The van der Waals surface area contributed by atoms with Crippen LogP contribution < -0.4 is 0 Å². The van der Waals surface area contributed by atoms with Crippen molar-refractivity contribution < 1.29 is 8.83 Å². The lowest BCUT2D eigenvalue weighted by Crippen LogP contribution is -2.16. The molecule has 1 aliphatic rings. The van der Waals surface area contributed by atoms with Gasteiger partial charge >= 0.3 is 0 Å². The SMILES string of the molecule is N#Cc1cc(C2N=C(c3ccccc3)N=C(c3ccc4c(c3)oc3ccccc34)[N-]2)c2c(c1)oc1ccccc12. The van der Waals surface area contributed by atoms with Crippen LogP contribution in [-0.4, -0.2) is 11.7 Å². The normalized spacial score (nSPS) is 15.2. The number of fused-ring (bicyclic) bond motifs is 6. The molecule has 188 valence electrons. The van der Waals surface area contributed by atoms with E-state index in [-0.39, 0.29) is 0 Å². The molecule has 1 aliphatic heterocycles. The van der Waals surface area contributed by atoms with Gasteiger partial charge in [-0.05, 0) is 53.1 Å². The van der Waals surface area contributed by atoms with Gasteiger partial charge in [0.2, 0.25) is 0 Å². The van der Waals surface area contributed by atoms with Gasteiger partial charge in [0.15, 0.2) is 0 Å². The van der Waals surface area contributed by atoms with E-state index in [1.807, 2.05) is 91.0 Å². The average Bonchev–Trinajstić information content (AvgIpc) is 3.58. The lowest BCUT2D eigenvalue weighted by molar-refractivity contribution is 0.668. The number of nitrogens with zero attached hydrogens (tertiary/aromatic N) is 4. The third kappa shape index (κ3) is 3.49. The fraction of sp³-hybridized carbons (Fsp3) is 0.0294. The third-order valence-corrected chi connectivity index (χ3v) is 7.29. The van der Waals surface area contributed by atoms with Gasteiger partial charge in [-0.3, -0.25) is 4.99 Å². The van der Waals surface area contributed by atoms with Crippen molar-refractivity contribution in [1.29, 1.82) is 5.26 Å². The van der Waals surface area contributed by atoms with Crippen LogP contribution in [0, 0.1) is 11.3 Å². The molecule has 0 saturated heterocycles. The number of nitriles is 1. The fourth-order valence-corrected chi connectivity index (χ4v) is 5.44. The van der Waals surface area contributed by atoms with Crippen LogP contribution in [0.2, 0.25) is 0 Å². The summed E-state index contributed by atoms with van der Waals surface area (Å²) in [6.45, 7) is 0. The van der Waals surface area contributed by atoms with E-state index in [4.69, 9.17) is 24.1 Å². The summed E-state index contributed by atoms with van der Waals surface area (Å²) in [5, 5.41) is 18.8. The van der Waals surface area contributed by atoms with Crippen molar-refractivity contribution >= 4 is 55.5 Å². The van der Waals surface area contributed by atoms with E-state index in [0.717, 1.165) is 55.0 Å². The molecule has 0 bridgehead atoms. The zero-order valence-corrected chi connectivity index (χ0v) is 21.1. The summed E-state index contributed by atoms with van der Waals surface area (Å²) in [5.74, 6) is 1.12. The topological polar surface area (TPSA) is 88.9 Å². The van der Waals surface area contributed by atoms with Crippen LogP contribution in [0.3, 0.4) is 0 Å². The molecule has 40 heavy (non-hydrogen) atoms. The smallest absolute Gasteiger partial charge is 0.137 e. The Morgan fingerprint density at radius 1 is 0.650 bits per heavy atom. The first kappa shape index (κ1) is 22.3. The fourth-order valence-electron chi connectivity index (χ4n) is 5.44. The standard InChI is InChI=1S/C34H19N4O2/c35-19-20-16-26(31-25-11-5-7-13-28(25)40-30(31)17-20)34-37-32(21-8-2-1-3-9-21)36-33(38-34)22-14-15-24-23-10-4-6-12-27(23)39-29(24)18-22/h1-18,34H/q-1. The molecule has 1 atom stereocenters. The summed E-state index contributed by atoms with van der Waals surface area (Å²) in [7, 11) is 0. The second-order valence-corrected chi connectivity index (χ2v) is 9.71. The van der Waals surface area contributed by atoms with Gasteiger partial charge in [-0.15, -0.1) is 0 Å². The van der Waals surface area contributed by atoms with E-state index in [0.29, 0.717) is 22.8 Å². The van der Waals surface area contributed by atoms with Crippen molar-refractivity contribution in [2.45, 2.75) is 6.17 Å². The molecule has 0 spiro atoms. The number of benzene rings is 5. The second kappa shape index (κ2) is 8.69. The summed E-state index contributed by atoms with van der Waals surface area (Å²) in [4.78, 5) is 9.90. The quantitative estimate of drug-likeness (QED) is 0.236. The minimum absolute atomic E-state index is 0.487. The van der Waals surface area contributed by atoms with Crippen molar-refractivity contribution in [3.63, 3.8) is 0 Å². The summed E-state index contributed by atoms with van der Waals surface area (Å²) in [6, 6.07) is 37.7. The van der Waals surface area contributed by atoms with Gasteiger partial charge in [-0.25, -0.2) is 0 Å². The molecule has 1 unspecified atom stereocenters. The van der Waals surface area contributed by atoms with Crippen LogP contribution in [0.5, 0.6) is 0 Å². The first-order chi connectivity index (χ1) is 19.7. The molecule has 0 fully saturated rings. The molecule has 0 radical (unpaired) electrons. The van der Waals surface area contributed by atoms with Gasteiger partial charge in [0, 0.05) is 21.5 Å². The summed E-state index contributed by atoms with van der Waals surface area (Å²) in [6.07, 6.45) is -0.633. The maximum atomic E-state index is 9.82. The Kier molecular flexibility index (Phi) is 4.85. The summed E-state index contributed by atoms with van der Waals surface area (Å²) in [5.41, 5.74) is 5.98. The highest BCUT2D eigenvalue weighted by Crippen LogP contribution is 2.40. The highest BCUT2D eigenvalue weighted by atomic mass is 16.3. The van der Waals surface area contributed by atoms with Crippen molar-refractivity contribution in [1.82, 2.24) is 0 Å². The van der Waals surface area contributed by atoms with E-state index in [2.05, 4.69) is 18.2 Å². The van der Waals surface area contributed by atoms with Crippen LogP contribution >= 0.6 is 0 Å². The van der Waals surface area contributed by atoms with Crippen molar-refractivity contribution in [2.24, 2.45) is 9.98 Å². The van der Waals surface area contributed by atoms with Gasteiger partial charge in [-0.1, -0.05) is 78.6 Å². The lowest BCUT2D eigenvalue weighted by atomic mass is 10.00. The highest BCUT2D eigenvalue weighted by Gasteiger charge is 2.21. The Balaban J connectivity index is 1.33. The van der Waals surface area contributed by atoms with Crippen LogP contribution in [0.15, 0.2) is 128 Å². The maximum absolute atomic E-state index is 9.82. The number of rotatable bonds is 3. The minimum Gasteiger partial charge on any atom is -0.456 e. The number of aliphatic imine (C=N–C) groups is 2. The van der Waals surface area contributed by atoms with E-state index in [1.165, 1.54) is 0 Å². The molecule has 3 heterocycles. The Hall–Kier alpha value is -5.67.